The second-order valence-corrected chi connectivity index (χ2v) is 4.86. The van der Waals surface area contributed by atoms with Crippen molar-refractivity contribution < 1.29 is 0 Å². The molecule has 0 spiro atoms. The topological polar surface area (TPSA) is 71.4 Å². The first-order valence-electron chi connectivity index (χ1n) is 7.04. The summed E-state index contributed by atoms with van der Waals surface area (Å²) < 4.78 is 0. The van der Waals surface area contributed by atoms with Crippen molar-refractivity contribution in [1.82, 2.24) is 0 Å². The highest BCUT2D eigenvalue weighted by molar-refractivity contribution is 5.27. The van der Waals surface area contributed by atoms with Crippen LogP contribution in [0.15, 0.2) is 30.3 Å². The molecule has 2 atom stereocenters. The Labute approximate surface area is 121 Å². The van der Waals surface area contributed by atoms with Crippen LogP contribution in [-0.4, -0.2) is 0 Å². The Morgan fingerprint density at radius 3 is 2.15 bits per heavy atom. The second-order valence-electron chi connectivity index (χ2n) is 4.86. The molecule has 0 aromatic heterocycles. The molecule has 1 aromatic rings. The van der Waals surface area contributed by atoms with Crippen LogP contribution >= 0.6 is 0 Å². The molecule has 1 aromatic carbocycles. The van der Waals surface area contributed by atoms with E-state index in [4.69, 9.17) is 5.26 Å². The van der Waals surface area contributed by atoms with Gasteiger partial charge in [-0.15, -0.1) is 0 Å². The molecule has 0 saturated carbocycles. The van der Waals surface area contributed by atoms with Gasteiger partial charge in [0, 0.05) is 6.42 Å². The van der Waals surface area contributed by atoms with Gasteiger partial charge in [0.25, 0.3) is 0 Å². The number of nitriles is 3. The van der Waals surface area contributed by atoms with E-state index in [1.807, 2.05) is 30.3 Å². The summed E-state index contributed by atoms with van der Waals surface area (Å²) in [6.07, 6.45) is 5.26. The van der Waals surface area contributed by atoms with Gasteiger partial charge in [-0.3, -0.25) is 0 Å². The van der Waals surface area contributed by atoms with Crippen molar-refractivity contribution >= 4 is 0 Å². The molecule has 0 heterocycles. The smallest absolute Gasteiger partial charge is 0.0870 e. The lowest BCUT2D eigenvalue weighted by Gasteiger charge is -2.15. The maximum absolute atomic E-state index is 9.32. The first-order valence-corrected chi connectivity index (χ1v) is 7.04. The molecular weight excluding hydrogens is 246 g/mol. The quantitative estimate of drug-likeness (QED) is 0.658. The van der Waals surface area contributed by atoms with E-state index in [1.54, 1.807) is 0 Å². The van der Waals surface area contributed by atoms with Crippen molar-refractivity contribution in [3.63, 3.8) is 0 Å². The number of hydrogen-bond acceptors (Lipinski definition) is 3. The highest BCUT2D eigenvalue weighted by Crippen LogP contribution is 2.27. The zero-order chi connectivity index (χ0) is 14.6. The van der Waals surface area contributed by atoms with Crippen molar-refractivity contribution in [3.8, 4) is 18.2 Å². The summed E-state index contributed by atoms with van der Waals surface area (Å²) in [6, 6.07) is 16.2. The van der Waals surface area contributed by atoms with Crippen LogP contribution in [-0.2, 0) is 0 Å². The molecular formula is C17H19N3. The first-order chi connectivity index (χ1) is 9.83. The van der Waals surface area contributed by atoms with Gasteiger partial charge in [0.05, 0.1) is 30.0 Å². The molecule has 3 nitrogen and oxygen atoms in total. The maximum Gasteiger partial charge on any atom is 0.0870 e. The molecule has 0 bridgehead atoms. The standard InChI is InChI=1S/C17H19N3/c18-12-8-3-1-2-5-11-16(13-19)17(14-20)15-9-6-4-7-10-15/h4,6-7,9-10,16-17H,1-3,5,8,11H2. The average molecular weight is 265 g/mol. The molecule has 1 rings (SSSR count). The lowest BCUT2D eigenvalue weighted by molar-refractivity contribution is 0.505. The van der Waals surface area contributed by atoms with Crippen LogP contribution in [0.5, 0.6) is 0 Å². The fourth-order valence-electron chi connectivity index (χ4n) is 2.28. The van der Waals surface area contributed by atoms with Crippen molar-refractivity contribution in [3.05, 3.63) is 35.9 Å². The lowest BCUT2D eigenvalue weighted by Crippen LogP contribution is -2.09. The minimum atomic E-state index is -0.347. The molecule has 0 radical (unpaired) electrons. The Morgan fingerprint density at radius 1 is 0.850 bits per heavy atom. The van der Waals surface area contributed by atoms with E-state index in [9.17, 15) is 10.5 Å². The third kappa shape index (κ3) is 5.13. The van der Waals surface area contributed by atoms with Gasteiger partial charge in [-0.2, -0.15) is 15.8 Å². The van der Waals surface area contributed by atoms with Crippen LogP contribution in [0.3, 0.4) is 0 Å². The van der Waals surface area contributed by atoms with E-state index in [0.717, 1.165) is 37.7 Å². The number of rotatable bonds is 8. The molecule has 20 heavy (non-hydrogen) atoms. The number of nitrogens with zero attached hydrogens (tertiary/aromatic N) is 3. The number of unbranched alkanes of at least 4 members (excludes halogenated alkanes) is 4. The van der Waals surface area contributed by atoms with Gasteiger partial charge in [-0.1, -0.05) is 49.6 Å². The molecule has 0 fully saturated rings. The van der Waals surface area contributed by atoms with Gasteiger partial charge in [0.2, 0.25) is 0 Å². The summed E-state index contributed by atoms with van der Waals surface area (Å²) in [7, 11) is 0. The summed E-state index contributed by atoms with van der Waals surface area (Å²) >= 11 is 0. The van der Waals surface area contributed by atoms with E-state index in [-0.39, 0.29) is 11.8 Å². The third-order valence-corrected chi connectivity index (χ3v) is 3.42. The predicted molar refractivity (Wildman–Crippen MR) is 77.2 cm³/mol. The van der Waals surface area contributed by atoms with Gasteiger partial charge >= 0.3 is 0 Å². The van der Waals surface area contributed by atoms with Crippen molar-refractivity contribution in [2.75, 3.05) is 0 Å². The summed E-state index contributed by atoms with van der Waals surface area (Å²) in [4.78, 5) is 0. The molecule has 0 aliphatic carbocycles. The van der Waals surface area contributed by atoms with Crippen molar-refractivity contribution in [2.45, 2.75) is 44.4 Å². The van der Waals surface area contributed by atoms with Gasteiger partial charge < -0.3 is 0 Å². The normalized spacial score (nSPS) is 12.7. The van der Waals surface area contributed by atoms with Gasteiger partial charge in [0.15, 0.2) is 0 Å². The average Bonchev–Trinajstić information content (AvgIpc) is 2.50. The molecule has 3 heteroatoms. The second kappa shape index (κ2) is 9.60. The molecule has 0 aliphatic rings. The summed E-state index contributed by atoms with van der Waals surface area (Å²) in [6.45, 7) is 0. The first kappa shape index (κ1) is 15.7. The highest BCUT2D eigenvalue weighted by Gasteiger charge is 2.22. The van der Waals surface area contributed by atoms with E-state index in [0.29, 0.717) is 6.42 Å². The Balaban J connectivity index is 2.47. The number of benzene rings is 1. The van der Waals surface area contributed by atoms with Gasteiger partial charge in [-0.25, -0.2) is 0 Å². The van der Waals surface area contributed by atoms with Crippen LogP contribution < -0.4 is 0 Å². The van der Waals surface area contributed by atoms with Crippen LogP contribution in [0, 0.1) is 39.9 Å². The molecule has 0 saturated heterocycles. The molecule has 2 unspecified atom stereocenters. The minimum Gasteiger partial charge on any atom is -0.198 e. The zero-order valence-corrected chi connectivity index (χ0v) is 11.6. The zero-order valence-electron chi connectivity index (χ0n) is 11.6. The Bertz CT molecular complexity index is 502. The fourth-order valence-corrected chi connectivity index (χ4v) is 2.28. The molecule has 0 aliphatic heterocycles. The largest absolute Gasteiger partial charge is 0.198 e. The van der Waals surface area contributed by atoms with Crippen LogP contribution in [0.1, 0.15) is 50.0 Å². The molecule has 102 valence electrons. The fraction of sp³-hybridized carbons (Fsp3) is 0.471. The van der Waals surface area contributed by atoms with Gasteiger partial charge in [-0.05, 0) is 18.4 Å². The SMILES string of the molecule is N#CCCCCCCC(C#N)C(C#N)c1ccccc1. The minimum absolute atomic E-state index is 0.252. The summed E-state index contributed by atoms with van der Waals surface area (Å²) in [5.41, 5.74) is 0.922. The summed E-state index contributed by atoms with van der Waals surface area (Å²) in [5, 5.41) is 27.1. The van der Waals surface area contributed by atoms with E-state index < -0.39 is 0 Å². The Kier molecular flexibility index (Phi) is 7.56. The lowest BCUT2D eigenvalue weighted by atomic mass is 9.84. The van der Waals surface area contributed by atoms with Crippen molar-refractivity contribution in [1.29, 1.82) is 15.8 Å². The third-order valence-electron chi connectivity index (χ3n) is 3.42. The van der Waals surface area contributed by atoms with E-state index in [1.165, 1.54) is 0 Å². The van der Waals surface area contributed by atoms with E-state index >= 15 is 0 Å². The number of hydrogen-bond donors (Lipinski definition) is 0. The molecule has 0 N–H and O–H groups in total. The Hall–Kier alpha value is -2.31. The maximum atomic E-state index is 9.32. The Morgan fingerprint density at radius 2 is 1.55 bits per heavy atom. The van der Waals surface area contributed by atoms with Crippen LogP contribution in [0.2, 0.25) is 0 Å². The highest BCUT2D eigenvalue weighted by atomic mass is 14.4. The van der Waals surface area contributed by atoms with E-state index in [2.05, 4.69) is 18.2 Å². The van der Waals surface area contributed by atoms with Crippen LogP contribution in [0.25, 0.3) is 0 Å². The van der Waals surface area contributed by atoms with Crippen molar-refractivity contribution in [2.24, 2.45) is 5.92 Å². The summed E-state index contributed by atoms with van der Waals surface area (Å²) in [5.74, 6) is -0.598. The predicted octanol–water partition coefficient (Wildman–Crippen LogP) is 4.30. The van der Waals surface area contributed by atoms with Crippen LogP contribution in [0.4, 0.5) is 0 Å². The van der Waals surface area contributed by atoms with Gasteiger partial charge in [0.1, 0.15) is 0 Å². The monoisotopic (exact) mass is 265 g/mol. The molecule has 0 amide bonds.